The van der Waals surface area contributed by atoms with Crippen molar-refractivity contribution in [1.29, 1.82) is 0 Å². The average Bonchev–Trinajstić information content (AvgIpc) is 3.15. The molecule has 6 nitrogen and oxygen atoms in total. The highest BCUT2D eigenvalue weighted by Gasteiger charge is 2.26. The quantitative estimate of drug-likeness (QED) is 0.207. The summed E-state index contributed by atoms with van der Waals surface area (Å²) in [6, 6.07) is 18.6. The van der Waals surface area contributed by atoms with Crippen molar-refractivity contribution in [2.45, 2.75) is 39.0 Å². The molecular weight excluding hydrogens is 496 g/mol. The normalized spacial score (nSPS) is 12.3. The van der Waals surface area contributed by atoms with Crippen molar-refractivity contribution in [3.8, 4) is 5.69 Å². The van der Waals surface area contributed by atoms with E-state index in [-0.39, 0.29) is 5.69 Å². The van der Waals surface area contributed by atoms with Crippen LogP contribution in [0.3, 0.4) is 0 Å². The summed E-state index contributed by atoms with van der Waals surface area (Å²) >= 11 is 3.51. The molecular formula is C27H25BrN2O4. The highest BCUT2D eigenvalue weighted by atomic mass is 79.9. The zero-order chi connectivity index (χ0) is 24.6. The van der Waals surface area contributed by atoms with Crippen molar-refractivity contribution in [3.05, 3.63) is 104 Å². The monoisotopic (exact) mass is 520 g/mol. The molecule has 0 aliphatic heterocycles. The second-order valence-electron chi connectivity index (χ2n) is 8.84. The van der Waals surface area contributed by atoms with Crippen LogP contribution in [0.4, 0.5) is 5.69 Å². The molecule has 4 aromatic rings. The molecule has 1 aromatic heterocycles. The number of nitrogens with zero attached hydrogens (tertiary/aromatic N) is 2. The molecule has 1 unspecified atom stereocenters. The number of fused-ring (bicyclic) bond motifs is 1. The molecule has 0 fully saturated rings. The third-order valence-corrected chi connectivity index (χ3v) is 6.70. The van der Waals surface area contributed by atoms with Gasteiger partial charge in [0.2, 0.25) is 0 Å². The second kappa shape index (κ2) is 9.43. The smallest absolute Gasteiger partial charge is 0.311 e. The van der Waals surface area contributed by atoms with Gasteiger partial charge in [0.25, 0.3) is 5.69 Å². The van der Waals surface area contributed by atoms with E-state index in [2.05, 4.69) is 41.9 Å². The van der Waals surface area contributed by atoms with Gasteiger partial charge in [-0.1, -0.05) is 54.0 Å². The van der Waals surface area contributed by atoms with Crippen LogP contribution in [0.25, 0.3) is 16.6 Å². The van der Waals surface area contributed by atoms with E-state index in [9.17, 15) is 20.0 Å². The number of halogens is 1. The number of rotatable bonds is 7. The Bertz CT molecular complexity index is 1390. The minimum absolute atomic E-state index is 0.0222. The molecule has 1 atom stereocenters. The fourth-order valence-electron chi connectivity index (χ4n) is 4.33. The first-order valence-electron chi connectivity index (χ1n) is 11.0. The molecule has 3 aromatic carbocycles. The fraction of sp³-hybridized carbons (Fsp3) is 0.222. The topological polar surface area (TPSA) is 85.4 Å². The van der Waals surface area contributed by atoms with Gasteiger partial charge in [-0.25, -0.2) is 0 Å². The summed E-state index contributed by atoms with van der Waals surface area (Å²) in [6.45, 7) is 6.07. The van der Waals surface area contributed by atoms with Gasteiger partial charge in [-0.15, -0.1) is 0 Å². The summed E-state index contributed by atoms with van der Waals surface area (Å²) < 4.78 is 2.78. The molecule has 0 spiro atoms. The van der Waals surface area contributed by atoms with Crippen LogP contribution in [0.5, 0.6) is 0 Å². The van der Waals surface area contributed by atoms with Gasteiger partial charge in [0.1, 0.15) is 0 Å². The molecule has 0 saturated heterocycles. The van der Waals surface area contributed by atoms with E-state index in [4.69, 9.17) is 0 Å². The minimum Gasteiger partial charge on any atom is -0.481 e. The number of aliphatic carboxylic acids is 1. The Morgan fingerprint density at radius 3 is 2.38 bits per heavy atom. The van der Waals surface area contributed by atoms with Crippen molar-refractivity contribution < 1.29 is 14.8 Å². The van der Waals surface area contributed by atoms with Gasteiger partial charge in [-0.2, -0.15) is 0 Å². The SMILES string of the molecule is Cc1cc([N+](=O)[O-])ccc1-n1cc(C(Cc2ccc(C(C)C)cc2)C(=O)O)c2cc(Br)ccc21. The predicted molar refractivity (Wildman–Crippen MR) is 137 cm³/mol. The van der Waals surface area contributed by atoms with E-state index in [0.29, 0.717) is 17.9 Å². The lowest BCUT2D eigenvalue weighted by atomic mass is 9.91. The van der Waals surface area contributed by atoms with Crippen LogP contribution >= 0.6 is 15.9 Å². The van der Waals surface area contributed by atoms with E-state index in [0.717, 1.165) is 32.2 Å². The van der Waals surface area contributed by atoms with E-state index in [1.165, 1.54) is 17.7 Å². The van der Waals surface area contributed by atoms with Gasteiger partial charge >= 0.3 is 5.97 Å². The van der Waals surface area contributed by atoms with Crippen molar-refractivity contribution in [1.82, 2.24) is 4.57 Å². The van der Waals surface area contributed by atoms with Gasteiger partial charge in [0.05, 0.1) is 16.4 Å². The van der Waals surface area contributed by atoms with Gasteiger partial charge in [-0.05, 0) is 65.8 Å². The lowest BCUT2D eigenvalue weighted by Crippen LogP contribution is -2.14. The minimum atomic E-state index is -0.896. The summed E-state index contributed by atoms with van der Waals surface area (Å²) in [5.41, 5.74) is 5.25. The number of aryl methyl sites for hydroxylation is 1. The molecule has 34 heavy (non-hydrogen) atoms. The van der Waals surface area contributed by atoms with Gasteiger partial charge in [0.15, 0.2) is 0 Å². The van der Waals surface area contributed by atoms with Gasteiger partial charge in [0, 0.05) is 33.9 Å². The highest BCUT2D eigenvalue weighted by molar-refractivity contribution is 9.10. The Hall–Kier alpha value is -3.45. The predicted octanol–water partition coefficient (Wildman–Crippen LogP) is 7.14. The zero-order valence-corrected chi connectivity index (χ0v) is 20.7. The first kappa shape index (κ1) is 23.7. The van der Waals surface area contributed by atoms with Crippen molar-refractivity contribution in [2.24, 2.45) is 0 Å². The number of carboxylic acid groups (broad SMARTS) is 1. The Kier molecular flexibility index (Phi) is 6.57. The lowest BCUT2D eigenvalue weighted by molar-refractivity contribution is -0.384. The first-order valence-corrected chi connectivity index (χ1v) is 11.8. The number of nitro benzene ring substituents is 1. The van der Waals surface area contributed by atoms with E-state index in [1.54, 1.807) is 6.07 Å². The van der Waals surface area contributed by atoms with E-state index in [1.807, 2.05) is 48.0 Å². The summed E-state index contributed by atoms with van der Waals surface area (Å²) in [4.78, 5) is 23.2. The van der Waals surface area contributed by atoms with Gasteiger partial charge < -0.3 is 9.67 Å². The number of hydrogen-bond donors (Lipinski definition) is 1. The molecule has 174 valence electrons. The zero-order valence-electron chi connectivity index (χ0n) is 19.2. The number of carbonyl (C=O) groups is 1. The molecule has 0 saturated carbocycles. The maximum absolute atomic E-state index is 12.4. The fourth-order valence-corrected chi connectivity index (χ4v) is 4.69. The van der Waals surface area contributed by atoms with Crippen LogP contribution in [0.2, 0.25) is 0 Å². The standard InChI is InChI=1S/C27H25BrN2O4/c1-16(2)19-6-4-18(5-7-19)13-23(27(31)32)24-15-29(26-10-8-20(28)14-22(24)26)25-11-9-21(30(33)34)12-17(25)3/h4-12,14-16,23H,13H2,1-3H3,(H,31,32). The Labute approximate surface area is 206 Å². The van der Waals surface area contributed by atoms with E-state index >= 15 is 0 Å². The maximum Gasteiger partial charge on any atom is 0.311 e. The van der Waals surface area contributed by atoms with Crippen LogP contribution in [0, 0.1) is 17.0 Å². The third kappa shape index (κ3) is 4.61. The second-order valence-corrected chi connectivity index (χ2v) is 9.75. The largest absolute Gasteiger partial charge is 0.481 e. The summed E-state index contributed by atoms with van der Waals surface area (Å²) in [6.07, 6.45) is 2.21. The molecule has 0 radical (unpaired) electrons. The summed E-state index contributed by atoms with van der Waals surface area (Å²) in [7, 11) is 0. The Morgan fingerprint density at radius 2 is 1.79 bits per heavy atom. The summed E-state index contributed by atoms with van der Waals surface area (Å²) in [5, 5.41) is 22.2. The van der Waals surface area contributed by atoms with Crippen LogP contribution in [0.1, 0.15) is 47.9 Å². The van der Waals surface area contributed by atoms with Crippen LogP contribution in [0.15, 0.2) is 71.3 Å². The van der Waals surface area contributed by atoms with Gasteiger partial charge in [-0.3, -0.25) is 14.9 Å². The highest BCUT2D eigenvalue weighted by Crippen LogP contribution is 2.35. The Morgan fingerprint density at radius 1 is 1.09 bits per heavy atom. The van der Waals surface area contributed by atoms with Crippen molar-refractivity contribution >= 4 is 38.5 Å². The van der Waals surface area contributed by atoms with Crippen LogP contribution < -0.4 is 0 Å². The number of aromatic nitrogens is 1. The first-order chi connectivity index (χ1) is 16.2. The van der Waals surface area contributed by atoms with E-state index < -0.39 is 16.8 Å². The maximum atomic E-state index is 12.4. The summed E-state index contributed by atoms with van der Waals surface area (Å²) in [5.74, 6) is -1.24. The number of nitro groups is 1. The number of non-ortho nitro benzene ring substituents is 1. The molecule has 0 bridgehead atoms. The molecule has 1 heterocycles. The van der Waals surface area contributed by atoms with Crippen molar-refractivity contribution in [3.63, 3.8) is 0 Å². The molecule has 4 rings (SSSR count). The molecule has 1 N–H and O–H groups in total. The number of benzene rings is 3. The lowest BCUT2D eigenvalue weighted by Gasteiger charge is -2.13. The van der Waals surface area contributed by atoms with Crippen LogP contribution in [-0.2, 0) is 11.2 Å². The van der Waals surface area contributed by atoms with Crippen LogP contribution in [-0.4, -0.2) is 20.6 Å². The molecule has 0 aliphatic carbocycles. The third-order valence-electron chi connectivity index (χ3n) is 6.21. The molecule has 0 amide bonds. The number of carboxylic acids is 1. The number of hydrogen-bond acceptors (Lipinski definition) is 3. The van der Waals surface area contributed by atoms with Crippen molar-refractivity contribution in [2.75, 3.05) is 0 Å². The molecule has 0 aliphatic rings. The average molecular weight is 521 g/mol. The Balaban J connectivity index is 1.83. The molecule has 7 heteroatoms.